The minimum Gasteiger partial charge on any atom is -0.372 e. The minimum absolute atomic E-state index is 0.0574. The average Bonchev–Trinajstić information content (AvgIpc) is 2.75. The number of hydrogen-bond acceptors (Lipinski definition) is 4. The summed E-state index contributed by atoms with van der Waals surface area (Å²) < 4.78 is 41.5. The molecular formula is C11H19F3N4O. The van der Waals surface area contributed by atoms with E-state index in [0.29, 0.717) is 19.5 Å². The first kappa shape index (κ1) is 15.9. The van der Waals surface area contributed by atoms with E-state index in [9.17, 15) is 13.2 Å². The molecular weight excluding hydrogens is 261 g/mol. The van der Waals surface area contributed by atoms with Crippen LogP contribution in [0.4, 0.5) is 13.2 Å². The second-order valence-electron chi connectivity index (χ2n) is 4.24. The number of hydrogen-bond donors (Lipinski definition) is 1. The molecule has 0 aliphatic carbocycles. The summed E-state index contributed by atoms with van der Waals surface area (Å²) in [4.78, 5) is 0. The fourth-order valence-corrected chi connectivity index (χ4v) is 1.53. The second kappa shape index (κ2) is 8.11. The van der Waals surface area contributed by atoms with Crippen LogP contribution in [0.15, 0.2) is 6.20 Å². The molecule has 0 saturated carbocycles. The highest BCUT2D eigenvalue weighted by Gasteiger charge is 2.27. The van der Waals surface area contributed by atoms with Gasteiger partial charge in [-0.05, 0) is 32.2 Å². The lowest BCUT2D eigenvalue weighted by molar-refractivity contribution is -0.174. The van der Waals surface area contributed by atoms with Crippen molar-refractivity contribution in [2.24, 2.45) is 5.73 Å². The molecule has 0 amide bonds. The molecule has 0 saturated heterocycles. The summed E-state index contributed by atoms with van der Waals surface area (Å²) >= 11 is 0. The molecule has 0 unspecified atom stereocenters. The van der Waals surface area contributed by atoms with E-state index in [1.54, 1.807) is 10.9 Å². The molecule has 1 rings (SSSR count). The van der Waals surface area contributed by atoms with Crippen LogP contribution in [0.25, 0.3) is 0 Å². The molecule has 1 aromatic heterocycles. The van der Waals surface area contributed by atoms with Gasteiger partial charge in [-0.25, -0.2) is 0 Å². The van der Waals surface area contributed by atoms with Gasteiger partial charge in [0.05, 0.1) is 5.69 Å². The monoisotopic (exact) mass is 280 g/mol. The lowest BCUT2D eigenvalue weighted by Gasteiger charge is -2.06. The van der Waals surface area contributed by atoms with Gasteiger partial charge in [-0.2, -0.15) is 13.2 Å². The van der Waals surface area contributed by atoms with Crippen molar-refractivity contribution in [3.05, 3.63) is 11.9 Å². The fourth-order valence-electron chi connectivity index (χ4n) is 1.53. The van der Waals surface area contributed by atoms with Crippen molar-refractivity contribution >= 4 is 0 Å². The van der Waals surface area contributed by atoms with E-state index in [1.807, 2.05) is 0 Å². The third kappa shape index (κ3) is 7.78. The lowest BCUT2D eigenvalue weighted by atomic mass is 10.2. The van der Waals surface area contributed by atoms with Crippen LogP contribution in [-0.4, -0.2) is 40.9 Å². The molecule has 8 heteroatoms. The molecule has 1 heterocycles. The van der Waals surface area contributed by atoms with E-state index >= 15 is 0 Å². The van der Waals surface area contributed by atoms with Gasteiger partial charge in [-0.15, -0.1) is 5.10 Å². The molecule has 0 aliphatic heterocycles. The number of aromatic nitrogens is 3. The highest BCUT2D eigenvalue weighted by atomic mass is 19.4. The van der Waals surface area contributed by atoms with Crippen LogP contribution in [0.5, 0.6) is 0 Å². The largest absolute Gasteiger partial charge is 0.411 e. The van der Waals surface area contributed by atoms with Crippen LogP contribution in [0.1, 0.15) is 25.0 Å². The summed E-state index contributed by atoms with van der Waals surface area (Å²) in [6.07, 6.45) is 0.745. The van der Waals surface area contributed by atoms with E-state index in [-0.39, 0.29) is 6.61 Å². The number of rotatable bonds is 9. The van der Waals surface area contributed by atoms with Gasteiger partial charge in [-0.3, -0.25) is 4.68 Å². The number of unbranched alkanes of at least 4 members (excludes halogenated alkanes) is 1. The first-order chi connectivity index (χ1) is 9.01. The van der Waals surface area contributed by atoms with Gasteiger partial charge < -0.3 is 10.5 Å². The van der Waals surface area contributed by atoms with Crippen LogP contribution in [0.3, 0.4) is 0 Å². The molecule has 0 aromatic carbocycles. The van der Waals surface area contributed by atoms with Crippen molar-refractivity contribution in [3.63, 3.8) is 0 Å². The minimum atomic E-state index is -4.26. The van der Waals surface area contributed by atoms with Crippen molar-refractivity contribution in [1.82, 2.24) is 15.0 Å². The highest BCUT2D eigenvalue weighted by molar-refractivity contribution is 4.92. The Morgan fingerprint density at radius 1 is 1.26 bits per heavy atom. The second-order valence-corrected chi connectivity index (χ2v) is 4.24. The topological polar surface area (TPSA) is 66.0 Å². The van der Waals surface area contributed by atoms with Gasteiger partial charge >= 0.3 is 6.18 Å². The van der Waals surface area contributed by atoms with Crippen molar-refractivity contribution in [2.75, 3.05) is 19.8 Å². The van der Waals surface area contributed by atoms with Gasteiger partial charge in [0.25, 0.3) is 0 Å². The Morgan fingerprint density at radius 2 is 2.05 bits per heavy atom. The normalized spacial score (nSPS) is 12.0. The Morgan fingerprint density at radius 3 is 2.74 bits per heavy atom. The first-order valence-electron chi connectivity index (χ1n) is 6.25. The maximum absolute atomic E-state index is 11.8. The van der Waals surface area contributed by atoms with Gasteiger partial charge in [0, 0.05) is 19.3 Å². The predicted octanol–water partition coefficient (Wildman–Crippen LogP) is 1.53. The van der Waals surface area contributed by atoms with Crippen LogP contribution < -0.4 is 5.73 Å². The fraction of sp³-hybridized carbons (Fsp3) is 0.818. The molecule has 0 radical (unpaired) electrons. The number of nitrogens with two attached hydrogens (primary N) is 1. The molecule has 0 atom stereocenters. The van der Waals surface area contributed by atoms with Crippen molar-refractivity contribution in [1.29, 1.82) is 0 Å². The molecule has 1 aromatic rings. The van der Waals surface area contributed by atoms with Crippen LogP contribution in [-0.2, 0) is 17.7 Å². The van der Waals surface area contributed by atoms with E-state index in [0.717, 1.165) is 25.0 Å². The van der Waals surface area contributed by atoms with E-state index in [1.165, 1.54) is 0 Å². The van der Waals surface area contributed by atoms with Crippen molar-refractivity contribution < 1.29 is 17.9 Å². The zero-order valence-electron chi connectivity index (χ0n) is 10.7. The van der Waals surface area contributed by atoms with Crippen molar-refractivity contribution in [2.45, 2.75) is 38.4 Å². The van der Waals surface area contributed by atoms with Gasteiger partial charge in [0.1, 0.15) is 6.61 Å². The van der Waals surface area contributed by atoms with Crippen LogP contribution >= 0.6 is 0 Å². The Hall–Kier alpha value is -1.15. The molecule has 0 aliphatic rings. The Balaban J connectivity index is 2.12. The third-order valence-corrected chi connectivity index (χ3v) is 2.41. The number of aryl methyl sites for hydroxylation is 2. The Kier molecular flexibility index (Phi) is 6.79. The summed E-state index contributed by atoms with van der Waals surface area (Å²) in [6.45, 7) is 0.0169. The average molecular weight is 280 g/mol. The van der Waals surface area contributed by atoms with E-state index in [2.05, 4.69) is 15.0 Å². The lowest BCUT2D eigenvalue weighted by Crippen LogP contribution is -2.17. The summed E-state index contributed by atoms with van der Waals surface area (Å²) in [7, 11) is 0. The number of ether oxygens (including phenoxy) is 1. The number of alkyl halides is 3. The molecule has 110 valence electrons. The Bertz CT molecular complexity index is 354. The van der Waals surface area contributed by atoms with Crippen molar-refractivity contribution in [3.8, 4) is 0 Å². The highest BCUT2D eigenvalue weighted by Crippen LogP contribution is 2.14. The SMILES string of the molecule is NCCCCc1cn(CCCOCC(F)(F)F)nn1. The smallest absolute Gasteiger partial charge is 0.372 e. The molecule has 2 N–H and O–H groups in total. The molecule has 0 spiro atoms. The summed E-state index contributed by atoms with van der Waals surface area (Å²) in [5.41, 5.74) is 6.27. The zero-order valence-corrected chi connectivity index (χ0v) is 10.7. The zero-order chi connectivity index (χ0) is 14.1. The Labute approximate surface area is 109 Å². The van der Waals surface area contributed by atoms with E-state index < -0.39 is 12.8 Å². The number of halogens is 3. The van der Waals surface area contributed by atoms with Crippen LogP contribution in [0.2, 0.25) is 0 Å². The summed E-state index contributed by atoms with van der Waals surface area (Å²) in [5.74, 6) is 0. The summed E-state index contributed by atoms with van der Waals surface area (Å²) in [5, 5.41) is 7.88. The van der Waals surface area contributed by atoms with Gasteiger partial charge in [-0.1, -0.05) is 5.21 Å². The maximum Gasteiger partial charge on any atom is 0.411 e. The molecule has 5 nitrogen and oxygen atoms in total. The maximum atomic E-state index is 11.8. The first-order valence-corrected chi connectivity index (χ1v) is 6.25. The molecule has 19 heavy (non-hydrogen) atoms. The van der Waals surface area contributed by atoms with Gasteiger partial charge in [0.2, 0.25) is 0 Å². The third-order valence-electron chi connectivity index (χ3n) is 2.41. The summed E-state index contributed by atoms with van der Waals surface area (Å²) in [6, 6.07) is 0. The standard InChI is InChI=1S/C11H19F3N4O/c12-11(13,14)9-19-7-3-6-18-8-10(16-17-18)4-1-2-5-15/h8H,1-7,9,15H2. The molecule has 0 fully saturated rings. The predicted molar refractivity (Wildman–Crippen MR) is 63.5 cm³/mol. The van der Waals surface area contributed by atoms with Gasteiger partial charge in [0.15, 0.2) is 0 Å². The molecule has 0 bridgehead atoms. The van der Waals surface area contributed by atoms with Crippen LogP contribution in [0, 0.1) is 0 Å². The number of nitrogens with zero attached hydrogens (tertiary/aromatic N) is 3. The quantitative estimate of drug-likeness (QED) is 0.697. The van der Waals surface area contributed by atoms with E-state index in [4.69, 9.17) is 5.73 Å².